The van der Waals surface area contributed by atoms with Gasteiger partial charge < -0.3 is 9.67 Å². The van der Waals surface area contributed by atoms with Crippen LogP contribution >= 0.6 is 15.9 Å². The van der Waals surface area contributed by atoms with Crippen molar-refractivity contribution in [2.45, 2.75) is 13.3 Å². The van der Waals surface area contributed by atoms with Gasteiger partial charge in [-0.05, 0) is 19.1 Å². The number of nitrogens with zero attached hydrogens (tertiary/aromatic N) is 2. The molecule has 3 nitrogen and oxygen atoms in total. The number of aliphatic hydroxyl groups excluding tert-OH is 1. The number of aromatic nitrogens is 2. The number of hydrogen-bond acceptors (Lipinski definition) is 2. The number of halogens is 1. The Bertz CT molecular complexity index is 517. The van der Waals surface area contributed by atoms with E-state index in [4.69, 9.17) is 5.11 Å². The van der Waals surface area contributed by atoms with Crippen molar-refractivity contribution in [1.29, 1.82) is 0 Å². The lowest BCUT2D eigenvalue weighted by Crippen LogP contribution is -2.02. The third kappa shape index (κ3) is 2.42. The number of aliphatic hydroxyl groups is 1. The maximum absolute atomic E-state index is 9.04. The van der Waals surface area contributed by atoms with E-state index in [-0.39, 0.29) is 6.61 Å². The van der Waals surface area contributed by atoms with Crippen molar-refractivity contribution in [3.8, 4) is 11.4 Å². The summed E-state index contributed by atoms with van der Waals surface area (Å²) in [6.07, 6.45) is 0.645. The average Bonchev–Trinajstić information content (AvgIpc) is 2.59. The first-order valence-electron chi connectivity index (χ1n) is 5.52. The molecule has 2 rings (SSSR count). The molecule has 0 aliphatic heterocycles. The molecular weight excluding hydrogens is 280 g/mol. The van der Waals surface area contributed by atoms with Crippen LogP contribution in [0.2, 0.25) is 0 Å². The summed E-state index contributed by atoms with van der Waals surface area (Å²) in [7, 11) is 1.99. The Morgan fingerprint density at radius 3 is 2.53 bits per heavy atom. The van der Waals surface area contributed by atoms with Gasteiger partial charge in [-0.1, -0.05) is 28.1 Å². The third-order valence-electron chi connectivity index (χ3n) is 2.86. The lowest BCUT2D eigenvalue weighted by atomic mass is 10.2. The van der Waals surface area contributed by atoms with Crippen molar-refractivity contribution in [1.82, 2.24) is 9.55 Å². The Balaban J connectivity index is 2.46. The lowest BCUT2D eigenvalue weighted by Gasteiger charge is -2.05. The van der Waals surface area contributed by atoms with Crippen LogP contribution in [-0.4, -0.2) is 21.3 Å². The van der Waals surface area contributed by atoms with E-state index in [0.717, 1.165) is 27.2 Å². The smallest absolute Gasteiger partial charge is 0.140 e. The zero-order valence-corrected chi connectivity index (χ0v) is 11.5. The van der Waals surface area contributed by atoms with E-state index in [1.54, 1.807) is 0 Å². The summed E-state index contributed by atoms with van der Waals surface area (Å²) in [5.41, 5.74) is 3.16. The van der Waals surface area contributed by atoms with E-state index >= 15 is 0 Å². The first kappa shape index (κ1) is 12.3. The highest BCUT2D eigenvalue weighted by Crippen LogP contribution is 2.23. The summed E-state index contributed by atoms with van der Waals surface area (Å²) >= 11 is 3.42. The zero-order valence-electron chi connectivity index (χ0n) is 9.94. The molecule has 0 atom stereocenters. The third-order valence-corrected chi connectivity index (χ3v) is 3.39. The zero-order chi connectivity index (χ0) is 12.4. The van der Waals surface area contributed by atoms with Crippen molar-refractivity contribution in [3.05, 3.63) is 40.1 Å². The minimum absolute atomic E-state index is 0.153. The van der Waals surface area contributed by atoms with Gasteiger partial charge in [0.05, 0.1) is 5.69 Å². The van der Waals surface area contributed by atoms with Crippen LogP contribution in [0.15, 0.2) is 28.7 Å². The first-order valence-corrected chi connectivity index (χ1v) is 6.31. The normalized spacial score (nSPS) is 10.8. The highest BCUT2D eigenvalue weighted by Gasteiger charge is 2.12. The molecule has 0 unspecified atom stereocenters. The summed E-state index contributed by atoms with van der Waals surface area (Å²) in [6, 6.07) is 8.08. The summed E-state index contributed by atoms with van der Waals surface area (Å²) in [5.74, 6) is 0.943. The molecule has 2 aromatic rings. The predicted octanol–water partition coefficient (Wildman–Crippen LogP) is 2.69. The topological polar surface area (TPSA) is 38.0 Å². The Kier molecular flexibility index (Phi) is 3.64. The van der Waals surface area contributed by atoms with Crippen molar-refractivity contribution in [2.75, 3.05) is 6.61 Å². The van der Waals surface area contributed by atoms with Gasteiger partial charge in [-0.25, -0.2) is 4.98 Å². The quantitative estimate of drug-likeness (QED) is 0.945. The molecule has 4 heteroatoms. The molecular formula is C13H15BrN2O. The van der Waals surface area contributed by atoms with Crippen LogP contribution in [0, 0.1) is 6.92 Å². The SMILES string of the molecule is Cc1nc(-c2ccc(Br)cc2)n(C)c1CCO. The van der Waals surface area contributed by atoms with Gasteiger partial charge in [0.1, 0.15) is 5.82 Å². The minimum Gasteiger partial charge on any atom is -0.396 e. The van der Waals surface area contributed by atoms with Crippen molar-refractivity contribution < 1.29 is 5.11 Å². The highest BCUT2D eigenvalue weighted by molar-refractivity contribution is 9.10. The molecule has 17 heavy (non-hydrogen) atoms. The number of benzene rings is 1. The van der Waals surface area contributed by atoms with Gasteiger partial charge in [0.25, 0.3) is 0 Å². The second-order valence-corrected chi connectivity index (χ2v) is 4.92. The molecule has 0 spiro atoms. The second-order valence-electron chi connectivity index (χ2n) is 4.01. The van der Waals surface area contributed by atoms with Crippen molar-refractivity contribution >= 4 is 15.9 Å². The number of aryl methyl sites for hydroxylation is 1. The fraction of sp³-hybridized carbons (Fsp3) is 0.308. The van der Waals surface area contributed by atoms with E-state index in [0.29, 0.717) is 6.42 Å². The lowest BCUT2D eigenvalue weighted by molar-refractivity contribution is 0.296. The fourth-order valence-corrected chi connectivity index (χ4v) is 2.24. The molecule has 1 aromatic carbocycles. The van der Waals surface area contributed by atoms with Gasteiger partial charge in [-0.3, -0.25) is 0 Å². The molecule has 1 N–H and O–H groups in total. The Morgan fingerprint density at radius 2 is 1.94 bits per heavy atom. The van der Waals surface area contributed by atoms with Crippen LogP contribution in [0.5, 0.6) is 0 Å². The standard InChI is InChI=1S/C13H15BrN2O/c1-9-12(7-8-17)16(2)13(15-9)10-3-5-11(14)6-4-10/h3-6,17H,7-8H2,1-2H3. The molecule has 0 aliphatic carbocycles. The number of imidazole rings is 1. The van der Waals surface area contributed by atoms with Gasteiger partial charge in [0.15, 0.2) is 0 Å². The van der Waals surface area contributed by atoms with Crippen molar-refractivity contribution in [3.63, 3.8) is 0 Å². The summed E-state index contributed by atoms with van der Waals surface area (Å²) < 4.78 is 3.11. The fourth-order valence-electron chi connectivity index (χ4n) is 1.98. The van der Waals surface area contributed by atoms with Crippen LogP contribution < -0.4 is 0 Å². The molecule has 0 saturated carbocycles. The molecule has 0 aliphatic rings. The molecule has 0 saturated heterocycles. The Labute approximate surface area is 109 Å². The van der Waals surface area contributed by atoms with E-state index in [9.17, 15) is 0 Å². The van der Waals surface area contributed by atoms with E-state index in [2.05, 4.69) is 25.5 Å². The number of rotatable bonds is 3. The largest absolute Gasteiger partial charge is 0.396 e. The average molecular weight is 295 g/mol. The summed E-state index contributed by atoms with van der Waals surface area (Å²) in [6.45, 7) is 2.13. The second kappa shape index (κ2) is 5.02. The molecule has 90 valence electrons. The van der Waals surface area contributed by atoms with Crippen LogP contribution in [0.1, 0.15) is 11.4 Å². The van der Waals surface area contributed by atoms with Crippen LogP contribution in [0.25, 0.3) is 11.4 Å². The Hall–Kier alpha value is -1.13. The van der Waals surface area contributed by atoms with Crippen LogP contribution in [0.4, 0.5) is 0 Å². The van der Waals surface area contributed by atoms with E-state index < -0.39 is 0 Å². The number of hydrogen-bond donors (Lipinski definition) is 1. The van der Waals surface area contributed by atoms with Crippen molar-refractivity contribution in [2.24, 2.45) is 7.05 Å². The van der Waals surface area contributed by atoms with E-state index in [1.165, 1.54) is 0 Å². The molecule has 0 amide bonds. The predicted molar refractivity (Wildman–Crippen MR) is 71.9 cm³/mol. The van der Waals surface area contributed by atoms with Crippen LogP contribution in [-0.2, 0) is 13.5 Å². The minimum atomic E-state index is 0.153. The van der Waals surface area contributed by atoms with Gasteiger partial charge >= 0.3 is 0 Å². The Morgan fingerprint density at radius 1 is 1.29 bits per heavy atom. The molecule has 0 fully saturated rings. The molecule has 0 bridgehead atoms. The van der Waals surface area contributed by atoms with Gasteiger partial charge in [0, 0.05) is 35.8 Å². The van der Waals surface area contributed by atoms with Crippen LogP contribution in [0.3, 0.4) is 0 Å². The molecule has 1 aromatic heterocycles. The monoisotopic (exact) mass is 294 g/mol. The highest BCUT2D eigenvalue weighted by atomic mass is 79.9. The molecule has 0 radical (unpaired) electrons. The first-order chi connectivity index (χ1) is 8.13. The van der Waals surface area contributed by atoms with Gasteiger partial charge in [-0.2, -0.15) is 0 Å². The van der Waals surface area contributed by atoms with Gasteiger partial charge in [0.2, 0.25) is 0 Å². The van der Waals surface area contributed by atoms with Gasteiger partial charge in [-0.15, -0.1) is 0 Å². The van der Waals surface area contributed by atoms with E-state index in [1.807, 2.05) is 38.2 Å². The maximum atomic E-state index is 9.04. The molecule has 1 heterocycles. The summed E-state index contributed by atoms with van der Waals surface area (Å²) in [4.78, 5) is 4.57. The maximum Gasteiger partial charge on any atom is 0.140 e. The summed E-state index contributed by atoms with van der Waals surface area (Å²) in [5, 5.41) is 9.04.